The quantitative estimate of drug-likeness (QED) is 0.904. The largest absolute Gasteiger partial charge is 0.454 e. The van der Waals surface area contributed by atoms with Gasteiger partial charge in [0, 0.05) is 12.6 Å². The van der Waals surface area contributed by atoms with Crippen LogP contribution in [0, 0.1) is 5.92 Å². The Kier molecular flexibility index (Phi) is 4.66. The summed E-state index contributed by atoms with van der Waals surface area (Å²) in [5.41, 5.74) is 1.28. The first-order valence-electron chi connectivity index (χ1n) is 8.09. The summed E-state index contributed by atoms with van der Waals surface area (Å²) in [6, 6.07) is 6.62. The van der Waals surface area contributed by atoms with Crippen LogP contribution in [0.2, 0.25) is 0 Å². The SMILES string of the molecule is CCC1CCN(CC(NC)c2ccc3c(c2)OCO3)CC1. The first-order valence-corrected chi connectivity index (χ1v) is 8.09. The number of benzene rings is 1. The second-order valence-corrected chi connectivity index (χ2v) is 6.11. The molecular weight excluding hydrogens is 264 g/mol. The minimum atomic E-state index is 0.341. The molecule has 1 aromatic rings. The number of rotatable bonds is 5. The number of likely N-dealkylation sites (tertiary alicyclic amines) is 1. The first-order chi connectivity index (χ1) is 10.3. The standard InChI is InChI=1S/C17H26N2O2/c1-3-13-6-8-19(9-7-13)11-15(18-2)14-4-5-16-17(10-14)21-12-20-16/h4-5,10,13,15,18H,3,6-9,11-12H2,1-2H3. The molecule has 2 aliphatic rings. The van der Waals surface area contributed by atoms with Gasteiger partial charge in [0.15, 0.2) is 11.5 Å². The molecule has 1 saturated heterocycles. The van der Waals surface area contributed by atoms with E-state index >= 15 is 0 Å². The third kappa shape index (κ3) is 3.33. The maximum atomic E-state index is 5.49. The number of nitrogens with one attached hydrogen (secondary N) is 1. The summed E-state index contributed by atoms with van der Waals surface area (Å²) < 4.78 is 10.9. The molecule has 116 valence electrons. The molecule has 2 aliphatic heterocycles. The van der Waals surface area contributed by atoms with E-state index in [1.807, 2.05) is 13.1 Å². The lowest BCUT2D eigenvalue weighted by Crippen LogP contribution is -2.39. The van der Waals surface area contributed by atoms with Gasteiger partial charge in [0.25, 0.3) is 0 Å². The lowest BCUT2D eigenvalue weighted by atomic mass is 9.94. The van der Waals surface area contributed by atoms with Crippen LogP contribution in [-0.4, -0.2) is 38.4 Å². The maximum absolute atomic E-state index is 5.49. The van der Waals surface area contributed by atoms with Gasteiger partial charge in [0.2, 0.25) is 6.79 Å². The lowest BCUT2D eigenvalue weighted by molar-refractivity contribution is 0.167. The van der Waals surface area contributed by atoms with E-state index in [4.69, 9.17) is 9.47 Å². The number of fused-ring (bicyclic) bond motifs is 1. The van der Waals surface area contributed by atoms with Crippen molar-refractivity contribution in [1.29, 1.82) is 0 Å². The predicted octanol–water partition coefficient (Wildman–Crippen LogP) is 2.80. The summed E-state index contributed by atoms with van der Waals surface area (Å²) in [6.07, 6.45) is 4.01. The van der Waals surface area contributed by atoms with Gasteiger partial charge in [-0.2, -0.15) is 0 Å². The molecule has 21 heavy (non-hydrogen) atoms. The van der Waals surface area contributed by atoms with Crippen molar-refractivity contribution in [3.63, 3.8) is 0 Å². The molecule has 1 unspecified atom stereocenters. The Bertz CT molecular complexity index is 470. The highest BCUT2D eigenvalue weighted by Crippen LogP contribution is 2.34. The van der Waals surface area contributed by atoms with Crippen LogP contribution in [-0.2, 0) is 0 Å². The fourth-order valence-electron chi connectivity index (χ4n) is 3.33. The van der Waals surface area contributed by atoms with E-state index in [0.29, 0.717) is 12.8 Å². The average Bonchev–Trinajstić information content (AvgIpc) is 3.00. The van der Waals surface area contributed by atoms with Crippen molar-refractivity contribution < 1.29 is 9.47 Å². The average molecular weight is 290 g/mol. The molecule has 4 heteroatoms. The van der Waals surface area contributed by atoms with Crippen LogP contribution in [0.3, 0.4) is 0 Å². The number of hydrogen-bond acceptors (Lipinski definition) is 4. The highest BCUT2D eigenvalue weighted by atomic mass is 16.7. The molecule has 0 amide bonds. The van der Waals surface area contributed by atoms with E-state index in [0.717, 1.165) is 24.0 Å². The lowest BCUT2D eigenvalue weighted by Gasteiger charge is -2.34. The summed E-state index contributed by atoms with van der Waals surface area (Å²) in [6.45, 7) is 6.16. The van der Waals surface area contributed by atoms with Crippen LogP contribution >= 0.6 is 0 Å². The van der Waals surface area contributed by atoms with Gasteiger partial charge >= 0.3 is 0 Å². The molecule has 0 aromatic heterocycles. The number of nitrogens with zero attached hydrogens (tertiary/aromatic N) is 1. The van der Waals surface area contributed by atoms with Crippen LogP contribution in [0.5, 0.6) is 11.5 Å². The Labute approximate surface area is 127 Å². The van der Waals surface area contributed by atoms with Crippen molar-refractivity contribution in [3.05, 3.63) is 23.8 Å². The number of hydrogen-bond donors (Lipinski definition) is 1. The van der Waals surface area contributed by atoms with E-state index in [2.05, 4.69) is 29.3 Å². The van der Waals surface area contributed by atoms with Crippen LogP contribution in [0.4, 0.5) is 0 Å². The summed E-state index contributed by atoms with van der Waals surface area (Å²) in [4.78, 5) is 2.58. The minimum Gasteiger partial charge on any atom is -0.454 e. The van der Waals surface area contributed by atoms with Crippen LogP contribution in [0.25, 0.3) is 0 Å². The topological polar surface area (TPSA) is 33.7 Å². The van der Waals surface area contributed by atoms with E-state index in [1.165, 1.54) is 37.9 Å². The Morgan fingerprint density at radius 2 is 2.00 bits per heavy atom. The molecular formula is C17H26N2O2. The Morgan fingerprint density at radius 1 is 1.24 bits per heavy atom. The van der Waals surface area contributed by atoms with Gasteiger partial charge in [-0.05, 0) is 56.6 Å². The molecule has 2 heterocycles. The summed E-state index contributed by atoms with van der Waals surface area (Å²) >= 11 is 0. The van der Waals surface area contributed by atoms with Crippen LogP contribution in [0.15, 0.2) is 18.2 Å². The van der Waals surface area contributed by atoms with Gasteiger partial charge in [-0.1, -0.05) is 19.4 Å². The molecule has 0 aliphatic carbocycles. The third-order valence-electron chi connectivity index (χ3n) is 4.87. The van der Waals surface area contributed by atoms with Crippen molar-refractivity contribution in [2.75, 3.05) is 33.5 Å². The molecule has 1 fully saturated rings. The molecule has 3 rings (SSSR count). The summed E-state index contributed by atoms with van der Waals surface area (Å²) in [7, 11) is 2.04. The van der Waals surface area contributed by atoms with Crippen molar-refractivity contribution in [1.82, 2.24) is 10.2 Å². The van der Waals surface area contributed by atoms with Gasteiger partial charge in [-0.3, -0.25) is 0 Å². The molecule has 1 atom stereocenters. The van der Waals surface area contributed by atoms with Gasteiger partial charge < -0.3 is 19.7 Å². The number of piperidine rings is 1. The minimum absolute atomic E-state index is 0.341. The molecule has 4 nitrogen and oxygen atoms in total. The summed E-state index contributed by atoms with van der Waals surface area (Å²) in [5.74, 6) is 2.66. The van der Waals surface area contributed by atoms with E-state index < -0.39 is 0 Å². The number of ether oxygens (including phenoxy) is 2. The Morgan fingerprint density at radius 3 is 2.71 bits per heavy atom. The van der Waals surface area contributed by atoms with Crippen molar-refractivity contribution in [2.45, 2.75) is 32.2 Å². The first kappa shape index (κ1) is 14.7. The van der Waals surface area contributed by atoms with Crippen LogP contribution < -0.4 is 14.8 Å². The third-order valence-corrected chi connectivity index (χ3v) is 4.87. The van der Waals surface area contributed by atoms with Gasteiger partial charge in [-0.15, -0.1) is 0 Å². The van der Waals surface area contributed by atoms with Gasteiger partial charge in [0.05, 0.1) is 0 Å². The Balaban J connectivity index is 1.63. The molecule has 0 spiro atoms. The van der Waals surface area contributed by atoms with Gasteiger partial charge in [0.1, 0.15) is 0 Å². The maximum Gasteiger partial charge on any atom is 0.231 e. The zero-order chi connectivity index (χ0) is 14.7. The van der Waals surface area contributed by atoms with E-state index in [-0.39, 0.29) is 0 Å². The molecule has 0 bridgehead atoms. The van der Waals surface area contributed by atoms with Crippen molar-refractivity contribution in [2.24, 2.45) is 5.92 Å². The Hall–Kier alpha value is -1.26. The zero-order valence-corrected chi connectivity index (χ0v) is 13.1. The van der Waals surface area contributed by atoms with E-state index in [9.17, 15) is 0 Å². The monoisotopic (exact) mass is 290 g/mol. The summed E-state index contributed by atoms with van der Waals surface area (Å²) in [5, 5.41) is 3.44. The highest BCUT2D eigenvalue weighted by Gasteiger charge is 2.22. The van der Waals surface area contributed by atoms with E-state index in [1.54, 1.807) is 0 Å². The van der Waals surface area contributed by atoms with Crippen LogP contribution in [0.1, 0.15) is 37.8 Å². The fraction of sp³-hybridized carbons (Fsp3) is 0.647. The molecule has 0 saturated carbocycles. The molecule has 1 aromatic carbocycles. The molecule has 1 N–H and O–H groups in total. The smallest absolute Gasteiger partial charge is 0.231 e. The normalized spacial score (nSPS) is 20.7. The zero-order valence-electron chi connectivity index (χ0n) is 13.1. The highest BCUT2D eigenvalue weighted by molar-refractivity contribution is 5.45. The molecule has 0 radical (unpaired) electrons. The van der Waals surface area contributed by atoms with Crippen molar-refractivity contribution in [3.8, 4) is 11.5 Å². The predicted molar refractivity (Wildman–Crippen MR) is 83.8 cm³/mol. The second kappa shape index (κ2) is 6.67. The fourth-order valence-corrected chi connectivity index (χ4v) is 3.33. The number of likely N-dealkylation sites (N-methyl/N-ethyl adjacent to an activating group) is 1. The second-order valence-electron chi connectivity index (χ2n) is 6.11. The van der Waals surface area contributed by atoms with Crippen molar-refractivity contribution >= 4 is 0 Å². The van der Waals surface area contributed by atoms with Gasteiger partial charge in [-0.25, -0.2) is 0 Å².